The van der Waals surface area contributed by atoms with Crippen LogP contribution in [0.5, 0.6) is 11.5 Å². The van der Waals surface area contributed by atoms with Crippen LogP contribution in [0, 0.1) is 11.3 Å². The number of benzene rings is 2. The van der Waals surface area contributed by atoms with Gasteiger partial charge in [-0.15, -0.1) is 0 Å². The maximum absolute atomic E-state index is 12.0. The maximum Gasteiger partial charge on any atom is 0.276 e. The fraction of sp³-hybridized carbons (Fsp3) is 0.167. The second kappa shape index (κ2) is 9.44. The van der Waals surface area contributed by atoms with Crippen LogP contribution in [-0.2, 0) is 4.79 Å². The first-order chi connectivity index (χ1) is 12.5. The fourth-order valence-corrected chi connectivity index (χ4v) is 2.45. The van der Waals surface area contributed by atoms with Gasteiger partial charge in [-0.25, -0.2) is 0 Å². The van der Waals surface area contributed by atoms with Gasteiger partial charge in [0, 0.05) is 10.5 Å². The monoisotopic (exact) mass is 417 g/mol. The standard InChI is InChI=1S/C18H16BrN3O4/c1-2-25-16-9-12(10-20)7-8-15(16)26-11-17(23)21-22-18(24)13-5-3-4-6-14(13)19/h3-9H,2,11H2,1H3,(H,21,23)(H,22,24). The molecular formula is C18H16BrN3O4. The third-order valence-electron chi connectivity index (χ3n) is 3.17. The molecule has 0 unspecified atom stereocenters. The van der Waals surface area contributed by atoms with Gasteiger partial charge >= 0.3 is 0 Å². The van der Waals surface area contributed by atoms with E-state index in [4.69, 9.17) is 14.7 Å². The quantitative estimate of drug-likeness (QED) is 0.703. The molecule has 7 nitrogen and oxygen atoms in total. The van der Waals surface area contributed by atoms with E-state index in [9.17, 15) is 9.59 Å². The molecule has 2 aromatic rings. The molecule has 0 radical (unpaired) electrons. The lowest BCUT2D eigenvalue weighted by atomic mass is 10.2. The molecule has 0 atom stereocenters. The smallest absolute Gasteiger partial charge is 0.276 e. The third-order valence-corrected chi connectivity index (χ3v) is 3.86. The van der Waals surface area contributed by atoms with Crippen molar-refractivity contribution < 1.29 is 19.1 Å². The zero-order valence-corrected chi connectivity index (χ0v) is 15.5. The summed E-state index contributed by atoms with van der Waals surface area (Å²) in [4.78, 5) is 23.9. The minimum absolute atomic E-state index is 0.331. The van der Waals surface area contributed by atoms with Crippen LogP contribution >= 0.6 is 15.9 Å². The summed E-state index contributed by atoms with van der Waals surface area (Å²) in [6.07, 6.45) is 0. The van der Waals surface area contributed by atoms with Gasteiger partial charge in [0.25, 0.3) is 11.8 Å². The Morgan fingerprint density at radius 2 is 1.88 bits per heavy atom. The lowest BCUT2D eigenvalue weighted by molar-refractivity contribution is -0.123. The number of nitriles is 1. The van der Waals surface area contributed by atoms with Gasteiger partial charge in [-0.3, -0.25) is 20.4 Å². The molecule has 0 aliphatic rings. The summed E-state index contributed by atoms with van der Waals surface area (Å²) >= 11 is 3.26. The van der Waals surface area contributed by atoms with E-state index in [2.05, 4.69) is 26.8 Å². The third kappa shape index (κ3) is 5.22. The highest BCUT2D eigenvalue weighted by Gasteiger charge is 2.12. The van der Waals surface area contributed by atoms with Crippen molar-refractivity contribution in [2.75, 3.05) is 13.2 Å². The number of ether oxygens (including phenoxy) is 2. The van der Waals surface area contributed by atoms with Crippen LogP contribution in [0.4, 0.5) is 0 Å². The van der Waals surface area contributed by atoms with Gasteiger partial charge in [0.15, 0.2) is 18.1 Å². The highest BCUT2D eigenvalue weighted by molar-refractivity contribution is 9.10. The highest BCUT2D eigenvalue weighted by atomic mass is 79.9. The largest absolute Gasteiger partial charge is 0.490 e. The van der Waals surface area contributed by atoms with Gasteiger partial charge in [0.05, 0.1) is 23.8 Å². The van der Waals surface area contributed by atoms with Crippen LogP contribution in [0.15, 0.2) is 46.9 Å². The zero-order valence-electron chi connectivity index (χ0n) is 13.9. The molecule has 0 fully saturated rings. The Balaban J connectivity index is 1.90. The van der Waals surface area contributed by atoms with Crippen molar-refractivity contribution in [1.82, 2.24) is 10.9 Å². The van der Waals surface area contributed by atoms with Crippen molar-refractivity contribution in [3.8, 4) is 17.6 Å². The molecule has 0 aliphatic heterocycles. The molecule has 2 rings (SSSR count). The van der Waals surface area contributed by atoms with E-state index in [1.165, 1.54) is 6.07 Å². The predicted molar refractivity (Wildman–Crippen MR) is 97.6 cm³/mol. The van der Waals surface area contributed by atoms with Crippen LogP contribution in [0.25, 0.3) is 0 Å². The topological polar surface area (TPSA) is 100 Å². The Kier molecular flexibility index (Phi) is 7.00. The molecule has 8 heteroatoms. The Bertz CT molecular complexity index is 849. The minimum Gasteiger partial charge on any atom is -0.490 e. The number of amides is 2. The lowest BCUT2D eigenvalue weighted by Gasteiger charge is -2.12. The SMILES string of the molecule is CCOc1cc(C#N)ccc1OCC(=O)NNC(=O)c1ccccc1Br. The van der Waals surface area contributed by atoms with Crippen molar-refractivity contribution in [2.45, 2.75) is 6.92 Å². The molecule has 0 bridgehead atoms. The van der Waals surface area contributed by atoms with Crippen molar-refractivity contribution in [3.05, 3.63) is 58.1 Å². The molecule has 0 spiro atoms. The Morgan fingerprint density at radius 1 is 1.12 bits per heavy atom. The fourth-order valence-electron chi connectivity index (χ4n) is 1.98. The van der Waals surface area contributed by atoms with Crippen molar-refractivity contribution >= 4 is 27.7 Å². The number of carbonyl (C=O) groups is 2. The van der Waals surface area contributed by atoms with E-state index in [-0.39, 0.29) is 6.61 Å². The molecule has 0 aliphatic carbocycles. The Labute approximate surface area is 159 Å². The average Bonchev–Trinajstić information content (AvgIpc) is 2.65. The molecule has 26 heavy (non-hydrogen) atoms. The Hall–Kier alpha value is -3.05. The second-order valence-corrected chi connectivity index (χ2v) is 5.83. The number of hydrogen-bond acceptors (Lipinski definition) is 5. The average molecular weight is 418 g/mol. The molecule has 0 heterocycles. The Morgan fingerprint density at radius 3 is 2.58 bits per heavy atom. The van der Waals surface area contributed by atoms with Crippen LogP contribution in [-0.4, -0.2) is 25.0 Å². The number of rotatable bonds is 6. The van der Waals surface area contributed by atoms with E-state index in [0.29, 0.717) is 33.7 Å². The van der Waals surface area contributed by atoms with Crippen LogP contribution in [0.1, 0.15) is 22.8 Å². The van der Waals surface area contributed by atoms with Crippen LogP contribution in [0.3, 0.4) is 0 Å². The number of halogens is 1. The molecule has 2 N–H and O–H groups in total. The number of hydrogen-bond donors (Lipinski definition) is 2. The zero-order chi connectivity index (χ0) is 18.9. The van der Waals surface area contributed by atoms with E-state index in [1.54, 1.807) is 43.3 Å². The van der Waals surface area contributed by atoms with E-state index >= 15 is 0 Å². The van der Waals surface area contributed by atoms with Gasteiger partial charge in [0.2, 0.25) is 0 Å². The highest BCUT2D eigenvalue weighted by Crippen LogP contribution is 2.28. The first-order valence-electron chi connectivity index (χ1n) is 7.68. The predicted octanol–water partition coefficient (Wildman–Crippen LogP) is 2.56. The summed E-state index contributed by atoms with van der Waals surface area (Å²) < 4.78 is 11.4. The molecular weight excluding hydrogens is 402 g/mol. The van der Waals surface area contributed by atoms with Crippen molar-refractivity contribution in [2.24, 2.45) is 0 Å². The van der Waals surface area contributed by atoms with Crippen LogP contribution < -0.4 is 20.3 Å². The second-order valence-electron chi connectivity index (χ2n) is 4.98. The first kappa shape index (κ1) is 19.3. The number of carbonyl (C=O) groups excluding carboxylic acids is 2. The molecule has 2 aromatic carbocycles. The van der Waals surface area contributed by atoms with Crippen molar-refractivity contribution in [3.63, 3.8) is 0 Å². The number of hydrazine groups is 1. The molecule has 2 amide bonds. The molecule has 0 aromatic heterocycles. The lowest BCUT2D eigenvalue weighted by Crippen LogP contribution is -2.43. The first-order valence-corrected chi connectivity index (χ1v) is 8.48. The normalized spacial score (nSPS) is 9.73. The summed E-state index contributed by atoms with van der Waals surface area (Å²) in [5.41, 5.74) is 5.40. The molecule has 0 saturated carbocycles. The van der Waals surface area contributed by atoms with E-state index in [0.717, 1.165) is 0 Å². The van der Waals surface area contributed by atoms with Crippen LogP contribution in [0.2, 0.25) is 0 Å². The van der Waals surface area contributed by atoms with Gasteiger partial charge in [-0.2, -0.15) is 5.26 Å². The number of nitrogens with one attached hydrogen (secondary N) is 2. The summed E-state index contributed by atoms with van der Waals surface area (Å²) in [6, 6.07) is 13.5. The summed E-state index contributed by atoms with van der Waals surface area (Å²) in [7, 11) is 0. The maximum atomic E-state index is 12.0. The van der Waals surface area contributed by atoms with Gasteiger partial charge in [-0.1, -0.05) is 12.1 Å². The summed E-state index contributed by atoms with van der Waals surface area (Å²) in [6.45, 7) is 1.86. The van der Waals surface area contributed by atoms with E-state index in [1.807, 2.05) is 6.07 Å². The van der Waals surface area contributed by atoms with Gasteiger partial charge < -0.3 is 9.47 Å². The molecule has 134 valence electrons. The molecule has 0 saturated heterocycles. The minimum atomic E-state index is -0.544. The number of nitrogens with zero attached hydrogens (tertiary/aromatic N) is 1. The van der Waals surface area contributed by atoms with Gasteiger partial charge in [0.1, 0.15) is 0 Å². The summed E-state index contributed by atoms with van der Waals surface area (Å²) in [5.74, 6) is -0.300. The van der Waals surface area contributed by atoms with Crippen molar-refractivity contribution in [1.29, 1.82) is 5.26 Å². The summed E-state index contributed by atoms with van der Waals surface area (Å²) in [5, 5.41) is 8.92. The van der Waals surface area contributed by atoms with E-state index < -0.39 is 11.8 Å². The van der Waals surface area contributed by atoms with Gasteiger partial charge in [-0.05, 0) is 47.1 Å².